The standard InChI is InChI=1S/C14H19FN2O3S/c1-10(17-14(2)7-8-21(19,20)9-14)13(18)16-12-6-4-3-5-11(12)15/h3-6,10,17H,7-9H2,1-2H3,(H,16,18)/t10-,14+/m1/s1. The van der Waals surface area contributed by atoms with Crippen LogP contribution < -0.4 is 10.6 Å². The number of sulfone groups is 1. The molecule has 7 heteroatoms. The van der Waals surface area contributed by atoms with Crippen molar-refractivity contribution in [3.8, 4) is 0 Å². The van der Waals surface area contributed by atoms with Gasteiger partial charge >= 0.3 is 0 Å². The van der Waals surface area contributed by atoms with Gasteiger partial charge in [0.05, 0.1) is 23.2 Å². The highest BCUT2D eigenvalue weighted by Gasteiger charge is 2.39. The van der Waals surface area contributed by atoms with Crippen LogP contribution in [0, 0.1) is 5.82 Å². The normalized spacial score (nSPS) is 25.5. The Balaban J connectivity index is 1.99. The van der Waals surface area contributed by atoms with E-state index in [9.17, 15) is 17.6 Å². The van der Waals surface area contributed by atoms with E-state index < -0.39 is 33.1 Å². The Morgan fingerprint density at radius 1 is 1.38 bits per heavy atom. The first-order valence-corrected chi connectivity index (χ1v) is 8.56. The number of nitrogens with one attached hydrogen (secondary N) is 2. The number of benzene rings is 1. The molecule has 1 aliphatic heterocycles. The molecule has 0 aromatic heterocycles. The largest absolute Gasteiger partial charge is 0.322 e. The summed E-state index contributed by atoms with van der Waals surface area (Å²) in [6.45, 7) is 3.41. The van der Waals surface area contributed by atoms with Gasteiger partial charge in [0, 0.05) is 5.54 Å². The van der Waals surface area contributed by atoms with Gasteiger partial charge in [0.25, 0.3) is 0 Å². The van der Waals surface area contributed by atoms with Gasteiger partial charge in [0.2, 0.25) is 5.91 Å². The van der Waals surface area contributed by atoms with E-state index in [1.807, 2.05) is 0 Å². The maximum absolute atomic E-state index is 13.5. The first-order chi connectivity index (χ1) is 9.71. The van der Waals surface area contributed by atoms with Gasteiger partial charge in [-0.25, -0.2) is 12.8 Å². The molecule has 1 aromatic rings. The molecule has 0 aliphatic carbocycles. The van der Waals surface area contributed by atoms with Crippen molar-refractivity contribution in [2.45, 2.75) is 31.8 Å². The number of hydrogen-bond donors (Lipinski definition) is 2. The molecule has 2 N–H and O–H groups in total. The van der Waals surface area contributed by atoms with Crippen LogP contribution in [-0.4, -0.2) is 37.4 Å². The van der Waals surface area contributed by atoms with Crippen LogP contribution in [0.25, 0.3) is 0 Å². The van der Waals surface area contributed by atoms with E-state index >= 15 is 0 Å². The van der Waals surface area contributed by atoms with Crippen LogP contribution in [0.4, 0.5) is 10.1 Å². The van der Waals surface area contributed by atoms with Crippen molar-refractivity contribution in [3.63, 3.8) is 0 Å². The second-order valence-corrected chi connectivity index (χ2v) is 7.92. The van der Waals surface area contributed by atoms with Crippen LogP contribution in [0.1, 0.15) is 20.3 Å². The molecule has 0 bridgehead atoms. The number of para-hydroxylation sites is 1. The van der Waals surface area contributed by atoms with Gasteiger partial charge < -0.3 is 5.32 Å². The number of halogens is 1. The van der Waals surface area contributed by atoms with E-state index in [-0.39, 0.29) is 17.2 Å². The zero-order valence-corrected chi connectivity index (χ0v) is 12.8. The number of anilines is 1. The zero-order chi connectivity index (χ0) is 15.7. The first kappa shape index (κ1) is 15.9. The number of rotatable bonds is 4. The molecule has 0 radical (unpaired) electrons. The van der Waals surface area contributed by atoms with Crippen molar-refractivity contribution in [2.75, 3.05) is 16.8 Å². The minimum Gasteiger partial charge on any atom is -0.322 e. The lowest BCUT2D eigenvalue weighted by atomic mass is 10.0. The predicted octanol–water partition coefficient (Wildman–Crippen LogP) is 1.32. The molecule has 1 heterocycles. The molecule has 5 nitrogen and oxygen atoms in total. The average Bonchev–Trinajstić information content (AvgIpc) is 2.66. The Kier molecular flexibility index (Phi) is 4.34. The quantitative estimate of drug-likeness (QED) is 0.879. The fourth-order valence-corrected chi connectivity index (χ4v) is 4.62. The summed E-state index contributed by atoms with van der Waals surface area (Å²) < 4.78 is 36.6. The average molecular weight is 314 g/mol. The highest BCUT2D eigenvalue weighted by Crippen LogP contribution is 2.23. The van der Waals surface area contributed by atoms with Crippen molar-refractivity contribution < 1.29 is 17.6 Å². The minimum atomic E-state index is -3.05. The van der Waals surface area contributed by atoms with E-state index in [2.05, 4.69) is 10.6 Å². The molecule has 0 unspecified atom stereocenters. The summed E-state index contributed by atoms with van der Waals surface area (Å²) in [7, 11) is -3.05. The van der Waals surface area contributed by atoms with Crippen molar-refractivity contribution in [1.82, 2.24) is 5.32 Å². The molecule has 1 aromatic carbocycles. The highest BCUT2D eigenvalue weighted by atomic mass is 32.2. The molecule has 1 saturated heterocycles. The maximum Gasteiger partial charge on any atom is 0.241 e. The van der Waals surface area contributed by atoms with Gasteiger partial charge in [-0.15, -0.1) is 0 Å². The molecule has 1 aliphatic rings. The number of carbonyl (C=O) groups excluding carboxylic acids is 1. The van der Waals surface area contributed by atoms with Crippen LogP contribution >= 0.6 is 0 Å². The molecule has 1 fully saturated rings. The monoisotopic (exact) mass is 314 g/mol. The van der Waals surface area contributed by atoms with E-state index in [1.165, 1.54) is 18.2 Å². The summed E-state index contributed by atoms with van der Waals surface area (Å²) in [6.07, 6.45) is 0.465. The van der Waals surface area contributed by atoms with Crippen molar-refractivity contribution >= 4 is 21.4 Å². The van der Waals surface area contributed by atoms with Gasteiger partial charge in [0.1, 0.15) is 5.82 Å². The second-order valence-electron chi connectivity index (χ2n) is 5.74. The molecule has 116 valence electrons. The Labute approximate surface area is 123 Å². The lowest BCUT2D eigenvalue weighted by Crippen LogP contribution is -2.52. The number of hydrogen-bond acceptors (Lipinski definition) is 4. The smallest absolute Gasteiger partial charge is 0.241 e. The molecule has 0 spiro atoms. The molecular weight excluding hydrogens is 295 g/mol. The highest BCUT2D eigenvalue weighted by molar-refractivity contribution is 7.91. The summed E-state index contributed by atoms with van der Waals surface area (Å²) in [6, 6.07) is 5.28. The van der Waals surface area contributed by atoms with Crippen molar-refractivity contribution in [2.24, 2.45) is 0 Å². The molecule has 21 heavy (non-hydrogen) atoms. The van der Waals surface area contributed by atoms with Crippen LogP contribution in [0.5, 0.6) is 0 Å². The third-order valence-corrected chi connectivity index (χ3v) is 5.50. The van der Waals surface area contributed by atoms with Crippen LogP contribution in [-0.2, 0) is 14.6 Å². The third-order valence-electron chi connectivity index (χ3n) is 3.59. The first-order valence-electron chi connectivity index (χ1n) is 6.74. The van der Waals surface area contributed by atoms with Crippen LogP contribution in [0.15, 0.2) is 24.3 Å². The zero-order valence-electron chi connectivity index (χ0n) is 12.0. The molecule has 0 saturated carbocycles. The van der Waals surface area contributed by atoms with Gasteiger partial charge in [-0.1, -0.05) is 12.1 Å². The topological polar surface area (TPSA) is 75.3 Å². The third kappa shape index (κ3) is 4.01. The lowest BCUT2D eigenvalue weighted by Gasteiger charge is -2.28. The van der Waals surface area contributed by atoms with Crippen molar-refractivity contribution in [3.05, 3.63) is 30.1 Å². The minimum absolute atomic E-state index is 0.0112. The Morgan fingerprint density at radius 2 is 2.05 bits per heavy atom. The van der Waals surface area contributed by atoms with E-state index in [4.69, 9.17) is 0 Å². The molecule has 1 amide bonds. The SMILES string of the molecule is C[C@@H](N[C@@]1(C)CCS(=O)(=O)C1)C(=O)Nc1ccccc1F. The predicted molar refractivity (Wildman–Crippen MR) is 79.3 cm³/mol. The summed E-state index contributed by atoms with van der Waals surface area (Å²) in [5.74, 6) is -0.770. The summed E-state index contributed by atoms with van der Waals surface area (Å²) in [5, 5.41) is 5.53. The van der Waals surface area contributed by atoms with Crippen molar-refractivity contribution in [1.29, 1.82) is 0 Å². The molecular formula is C14H19FN2O3S. The second kappa shape index (κ2) is 5.73. The van der Waals surface area contributed by atoms with E-state index in [0.29, 0.717) is 6.42 Å². The van der Waals surface area contributed by atoms with Gasteiger partial charge in [0.15, 0.2) is 9.84 Å². The van der Waals surface area contributed by atoms with E-state index in [0.717, 1.165) is 0 Å². The fourth-order valence-electron chi connectivity index (χ4n) is 2.52. The van der Waals surface area contributed by atoms with Crippen LogP contribution in [0.3, 0.4) is 0 Å². The lowest BCUT2D eigenvalue weighted by molar-refractivity contribution is -0.118. The number of amides is 1. The van der Waals surface area contributed by atoms with Gasteiger partial charge in [-0.05, 0) is 32.4 Å². The van der Waals surface area contributed by atoms with E-state index in [1.54, 1.807) is 19.9 Å². The maximum atomic E-state index is 13.5. The fraction of sp³-hybridized carbons (Fsp3) is 0.500. The Morgan fingerprint density at radius 3 is 2.62 bits per heavy atom. The summed E-state index contributed by atoms with van der Waals surface area (Å²) >= 11 is 0. The summed E-state index contributed by atoms with van der Waals surface area (Å²) in [5.41, 5.74) is -0.509. The number of carbonyl (C=O) groups is 1. The van der Waals surface area contributed by atoms with Gasteiger partial charge in [-0.2, -0.15) is 0 Å². The molecule has 2 atom stereocenters. The summed E-state index contributed by atoms with van der Waals surface area (Å²) in [4.78, 5) is 12.1. The Bertz CT molecular complexity index is 647. The van der Waals surface area contributed by atoms with Crippen LogP contribution in [0.2, 0.25) is 0 Å². The Hall–Kier alpha value is -1.47. The molecule has 2 rings (SSSR count). The van der Waals surface area contributed by atoms with Gasteiger partial charge in [-0.3, -0.25) is 10.1 Å².